The minimum atomic E-state index is 0.351. The topological polar surface area (TPSA) is 29.3 Å². The molecule has 88 valence electrons. The monoisotopic (exact) mass is 218 g/mol. The van der Waals surface area contributed by atoms with Crippen LogP contribution in [-0.2, 0) is 6.54 Å². The van der Waals surface area contributed by atoms with E-state index in [2.05, 4.69) is 49.1 Å². The van der Waals surface area contributed by atoms with Gasteiger partial charge in [-0.15, -0.1) is 0 Å². The van der Waals surface area contributed by atoms with E-state index in [0.29, 0.717) is 17.9 Å². The number of hydrogen-bond donors (Lipinski definition) is 1. The summed E-state index contributed by atoms with van der Waals surface area (Å²) < 4.78 is 0. The Kier molecular flexibility index (Phi) is 3.62. The van der Waals surface area contributed by atoms with Crippen molar-refractivity contribution in [3.63, 3.8) is 0 Å². The van der Waals surface area contributed by atoms with Gasteiger partial charge in [0.05, 0.1) is 0 Å². The lowest BCUT2D eigenvalue weighted by Gasteiger charge is -2.18. The largest absolute Gasteiger partial charge is 0.326 e. The Morgan fingerprint density at radius 2 is 1.94 bits per heavy atom. The van der Waals surface area contributed by atoms with E-state index in [0.717, 1.165) is 19.6 Å². The van der Waals surface area contributed by atoms with Crippen molar-refractivity contribution in [2.24, 2.45) is 17.6 Å². The summed E-state index contributed by atoms with van der Waals surface area (Å²) in [4.78, 5) is 2.48. The third kappa shape index (κ3) is 2.63. The van der Waals surface area contributed by atoms with Crippen molar-refractivity contribution in [2.45, 2.75) is 26.4 Å². The van der Waals surface area contributed by atoms with Crippen LogP contribution < -0.4 is 5.73 Å². The molecule has 1 fully saturated rings. The SMILES string of the molecule is CC(C)[C@@H]1CN(Cc2ccccc2)C[C@@H]1N. The second-order valence-electron chi connectivity index (χ2n) is 5.25. The Morgan fingerprint density at radius 3 is 2.50 bits per heavy atom. The van der Waals surface area contributed by atoms with Crippen LogP contribution in [0.15, 0.2) is 30.3 Å². The number of likely N-dealkylation sites (tertiary alicyclic amines) is 1. The number of benzene rings is 1. The summed E-state index contributed by atoms with van der Waals surface area (Å²) in [5.41, 5.74) is 7.57. The fraction of sp³-hybridized carbons (Fsp3) is 0.571. The third-order valence-electron chi connectivity index (χ3n) is 3.59. The summed E-state index contributed by atoms with van der Waals surface area (Å²) in [5, 5.41) is 0. The average Bonchev–Trinajstić information content (AvgIpc) is 2.61. The van der Waals surface area contributed by atoms with E-state index in [-0.39, 0.29) is 0 Å². The van der Waals surface area contributed by atoms with Gasteiger partial charge < -0.3 is 5.73 Å². The molecule has 1 aromatic carbocycles. The lowest BCUT2D eigenvalue weighted by atomic mass is 9.92. The second kappa shape index (κ2) is 4.98. The molecule has 2 atom stereocenters. The zero-order valence-electron chi connectivity index (χ0n) is 10.3. The minimum absolute atomic E-state index is 0.351. The van der Waals surface area contributed by atoms with Crippen LogP contribution in [0.4, 0.5) is 0 Å². The molecule has 1 aliphatic rings. The van der Waals surface area contributed by atoms with Gasteiger partial charge in [0.2, 0.25) is 0 Å². The first-order valence-electron chi connectivity index (χ1n) is 6.18. The van der Waals surface area contributed by atoms with Crippen molar-refractivity contribution < 1.29 is 0 Å². The molecule has 2 rings (SSSR count). The maximum atomic E-state index is 6.18. The highest BCUT2D eigenvalue weighted by molar-refractivity contribution is 5.14. The van der Waals surface area contributed by atoms with Crippen LogP contribution in [0.1, 0.15) is 19.4 Å². The molecule has 0 aliphatic carbocycles. The Hall–Kier alpha value is -0.860. The molecule has 0 spiro atoms. The van der Waals surface area contributed by atoms with Gasteiger partial charge >= 0.3 is 0 Å². The number of hydrogen-bond acceptors (Lipinski definition) is 2. The van der Waals surface area contributed by atoms with Gasteiger partial charge in [-0.25, -0.2) is 0 Å². The van der Waals surface area contributed by atoms with Crippen LogP contribution >= 0.6 is 0 Å². The smallest absolute Gasteiger partial charge is 0.0234 e. The summed E-state index contributed by atoms with van der Waals surface area (Å²) in [7, 11) is 0. The van der Waals surface area contributed by atoms with Gasteiger partial charge in [0.1, 0.15) is 0 Å². The van der Waals surface area contributed by atoms with E-state index >= 15 is 0 Å². The van der Waals surface area contributed by atoms with Gasteiger partial charge in [-0.2, -0.15) is 0 Å². The van der Waals surface area contributed by atoms with E-state index in [1.54, 1.807) is 0 Å². The van der Waals surface area contributed by atoms with Crippen molar-refractivity contribution in [2.75, 3.05) is 13.1 Å². The van der Waals surface area contributed by atoms with Crippen LogP contribution in [0.5, 0.6) is 0 Å². The van der Waals surface area contributed by atoms with Crippen molar-refractivity contribution in [3.8, 4) is 0 Å². The molecule has 0 saturated carbocycles. The summed E-state index contributed by atoms with van der Waals surface area (Å²) >= 11 is 0. The van der Waals surface area contributed by atoms with Crippen molar-refractivity contribution >= 4 is 0 Å². The van der Waals surface area contributed by atoms with Crippen molar-refractivity contribution in [1.82, 2.24) is 4.90 Å². The predicted octanol–water partition coefficient (Wildman–Crippen LogP) is 2.10. The summed E-state index contributed by atoms with van der Waals surface area (Å²) in [6.45, 7) is 7.77. The first-order chi connectivity index (χ1) is 7.66. The van der Waals surface area contributed by atoms with Gasteiger partial charge in [-0.3, -0.25) is 4.90 Å². The van der Waals surface area contributed by atoms with Crippen LogP contribution in [-0.4, -0.2) is 24.0 Å². The first kappa shape index (κ1) is 11.6. The Balaban J connectivity index is 1.94. The van der Waals surface area contributed by atoms with Crippen LogP contribution in [0.25, 0.3) is 0 Å². The zero-order chi connectivity index (χ0) is 11.5. The quantitative estimate of drug-likeness (QED) is 0.842. The molecule has 2 N–H and O–H groups in total. The fourth-order valence-electron chi connectivity index (χ4n) is 2.62. The Bertz CT molecular complexity index is 321. The van der Waals surface area contributed by atoms with Gasteiger partial charge in [-0.05, 0) is 17.4 Å². The summed E-state index contributed by atoms with van der Waals surface area (Å²) in [6, 6.07) is 11.0. The molecule has 0 bridgehead atoms. The van der Waals surface area contributed by atoms with Crippen molar-refractivity contribution in [3.05, 3.63) is 35.9 Å². The predicted molar refractivity (Wildman–Crippen MR) is 68.0 cm³/mol. The molecule has 0 aromatic heterocycles. The lowest BCUT2D eigenvalue weighted by molar-refractivity contribution is 0.296. The molecule has 2 nitrogen and oxygen atoms in total. The van der Waals surface area contributed by atoms with Gasteiger partial charge in [0.15, 0.2) is 0 Å². The second-order valence-corrected chi connectivity index (χ2v) is 5.25. The fourth-order valence-corrected chi connectivity index (χ4v) is 2.62. The van der Waals surface area contributed by atoms with Crippen LogP contribution in [0, 0.1) is 11.8 Å². The van der Waals surface area contributed by atoms with E-state index in [1.807, 2.05) is 0 Å². The van der Waals surface area contributed by atoms with Gasteiger partial charge in [-0.1, -0.05) is 44.2 Å². The highest BCUT2D eigenvalue weighted by atomic mass is 15.2. The normalized spacial score (nSPS) is 26.5. The van der Waals surface area contributed by atoms with E-state index < -0.39 is 0 Å². The number of rotatable bonds is 3. The van der Waals surface area contributed by atoms with Crippen molar-refractivity contribution in [1.29, 1.82) is 0 Å². The summed E-state index contributed by atoms with van der Waals surface area (Å²) in [6.07, 6.45) is 0. The molecule has 1 aliphatic heterocycles. The van der Waals surface area contributed by atoms with E-state index in [9.17, 15) is 0 Å². The number of nitrogens with zero attached hydrogens (tertiary/aromatic N) is 1. The van der Waals surface area contributed by atoms with Crippen LogP contribution in [0.2, 0.25) is 0 Å². The molecule has 1 heterocycles. The van der Waals surface area contributed by atoms with E-state index in [1.165, 1.54) is 5.56 Å². The van der Waals surface area contributed by atoms with Gasteiger partial charge in [0.25, 0.3) is 0 Å². The molecule has 1 aromatic rings. The lowest BCUT2D eigenvalue weighted by Crippen LogP contribution is -2.32. The molecule has 1 saturated heterocycles. The third-order valence-corrected chi connectivity index (χ3v) is 3.59. The standard InChI is InChI=1S/C14H22N2/c1-11(2)13-9-16(10-14(13)15)8-12-6-4-3-5-7-12/h3-7,11,13-14H,8-10,15H2,1-2H3/t13-,14-/m0/s1. The summed E-state index contributed by atoms with van der Waals surface area (Å²) in [5.74, 6) is 1.35. The molecular weight excluding hydrogens is 196 g/mol. The molecule has 0 unspecified atom stereocenters. The number of nitrogens with two attached hydrogens (primary N) is 1. The molecule has 2 heteroatoms. The highest BCUT2D eigenvalue weighted by Gasteiger charge is 2.31. The average molecular weight is 218 g/mol. The molecule has 0 amide bonds. The maximum Gasteiger partial charge on any atom is 0.0234 e. The minimum Gasteiger partial charge on any atom is -0.326 e. The molecule has 0 radical (unpaired) electrons. The highest BCUT2D eigenvalue weighted by Crippen LogP contribution is 2.24. The van der Waals surface area contributed by atoms with Gasteiger partial charge in [0, 0.05) is 25.7 Å². The van der Waals surface area contributed by atoms with E-state index in [4.69, 9.17) is 5.73 Å². The first-order valence-corrected chi connectivity index (χ1v) is 6.18. The molecule has 16 heavy (non-hydrogen) atoms. The Labute approximate surface area is 98.4 Å². The maximum absolute atomic E-state index is 6.18. The zero-order valence-corrected chi connectivity index (χ0v) is 10.3. The molecular formula is C14H22N2. The van der Waals surface area contributed by atoms with Crippen LogP contribution in [0.3, 0.4) is 0 Å². The Morgan fingerprint density at radius 1 is 1.25 bits per heavy atom.